The van der Waals surface area contributed by atoms with Crippen LogP contribution < -0.4 is 10.1 Å². The largest absolute Gasteiger partial charge is 0.416 e. The molecule has 32 heavy (non-hydrogen) atoms. The second kappa shape index (κ2) is 7.70. The summed E-state index contributed by atoms with van der Waals surface area (Å²) in [5.74, 6) is -16.4. The Kier molecular flexibility index (Phi) is 5.15. The van der Waals surface area contributed by atoms with Crippen molar-refractivity contribution < 1.29 is 45.9 Å². The van der Waals surface area contributed by atoms with Crippen LogP contribution in [0.3, 0.4) is 0 Å². The van der Waals surface area contributed by atoms with Crippen LogP contribution in [0.2, 0.25) is 0 Å². The van der Waals surface area contributed by atoms with Gasteiger partial charge in [0.1, 0.15) is 6.04 Å². The molecule has 4 rings (SSSR count). The highest BCUT2D eigenvalue weighted by Crippen LogP contribution is 2.31. The van der Waals surface area contributed by atoms with Crippen LogP contribution in [0.25, 0.3) is 0 Å². The van der Waals surface area contributed by atoms with Gasteiger partial charge in [-0.15, -0.1) is 0 Å². The van der Waals surface area contributed by atoms with Crippen LogP contribution in [0, 0.1) is 29.1 Å². The zero-order valence-electron chi connectivity index (χ0n) is 15.8. The van der Waals surface area contributed by atoms with E-state index in [0.717, 1.165) is 12.1 Å². The molecule has 0 aromatic heterocycles. The van der Waals surface area contributed by atoms with Crippen molar-refractivity contribution >= 4 is 23.7 Å². The van der Waals surface area contributed by atoms with Gasteiger partial charge in [0.2, 0.25) is 46.6 Å². The third kappa shape index (κ3) is 3.37. The Labute approximate surface area is 175 Å². The first-order valence-electron chi connectivity index (χ1n) is 9.11. The van der Waals surface area contributed by atoms with Crippen LogP contribution in [-0.4, -0.2) is 34.6 Å². The van der Waals surface area contributed by atoms with Crippen LogP contribution in [0.5, 0.6) is 5.75 Å². The molecule has 0 saturated carbocycles. The summed E-state index contributed by atoms with van der Waals surface area (Å²) < 4.78 is 71.7. The Morgan fingerprint density at radius 2 is 1.59 bits per heavy atom. The molecule has 2 aromatic rings. The number of hydrogen-bond donors (Lipinski definition) is 1. The predicted molar refractivity (Wildman–Crippen MR) is 93.7 cm³/mol. The quantitative estimate of drug-likeness (QED) is 0.192. The van der Waals surface area contributed by atoms with Crippen molar-refractivity contribution in [1.29, 1.82) is 0 Å². The number of halogens is 5. The van der Waals surface area contributed by atoms with Crippen molar-refractivity contribution in [3.05, 3.63) is 64.0 Å². The van der Waals surface area contributed by atoms with Crippen LogP contribution in [0.4, 0.5) is 22.0 Å². The van der Waals surface area contributed by atoms with E-state index < -0.39 is 64.6 Å². The fraction of sp³-hybridized carbons (Fsp3) is 0.200. The van der Waals surface area contributed by atoms with Gasteiger partial charge in [0.05, 0.1) is 5.56 Å². The Morgan fingerprint density at radius 3 is 2.22 bits per heavy atom. The molecule has 12 heteroatoms. The number of piperidine rings is 1. The number of nitrogens with one attached hydrogen (secondary N) is 1. The highest BCUT2D eigenvalue weighted by molar-refractivity contribution is 6.06. The van der Waals surface area contributed by atoms with Gasteiger partial charge in [-0.2, -0.15) is 8.78 Å². The molecular weight excluding hydrogens is 443 g/mol. The van der Waals surface area contributed by atoms with Gasteiger partial charge >= 0.3 is 5.97 Å². The maximum absolute atomic E-state index is 13.8. The number of carbonyl (C=O) groups excluding carboxylic acids is 4. The topological polar surface area (TPSA) is 92.8 Å². The molecule has 2 aliphatic rings. The second-order valence-electron chi connectivity index (χ2n) is 7.06. The molecule has 0 radical (unpaired) electrons. The summed E-state index contributed by atoms with van der Waals surface area (Å²) in [6.45, 7) is -0.107. The molecule has 3 amide bonds. The summed E-state index contributed by atoms with van der Waals surface area (Å²) in [7, 11) is 0. The predicted octanol–water partition coefficient (Wildman–Crippen LogP) is 2.36. The van der Waals surface area contributed by atoms with Crippen LogP contribution in [0.1, 0.15) is 39.1 Å². The number of rotatable bonds is 3. The first kappa shape index (κ1) is 21.4. The lowest BCUT2D eigenvalue weighted by Gasteiger charge is -2.29. The number of benzene rings is 2. The molecule has 2 aromatic carbocycles. The molecule has 2 aliphatic heterocycles. The fourth-order valence-corrected chi connectivity index (χ4v) is 3.53. The number of amides is 3. The van der Waals surface area contributed by atoms with Crippen molar-refractivity contribution in [3.63, 3.8) is 0 Å². The first-order chi connectivity index (χ1) is 15.1. The maximum Gasteiger partial charge on any atom is 0.343 e. The zero-order valence-corrected chi connectivity index (χ0v) is 15.8. The Balaban J connectivity index is 1.58. The summed E-state index contributed by atoms with van der Waals surface area (Å²) in [6.07, 6.45) is 0.148. The van der Waals surface area contributed by atoms with E-state index >= 15 is 0 Å². The molecule has 2 heterocycles. The third-order valence-electron chi connectivity index (χ3n) is 5.12. The standard InChI is InChI=1S/C20H11F5N2O5/c21-12-13(22)15(24)17(16(25)14(12)23)32-20(31)7-1-2-9-8(5-7)6-27(19(9)30)10-3-4-11(28)26-18(10)29/h1-2,5,10H,3-4,6H2,(H,26,28,29). The minimum Gasteiger partial charge on any atom is -0.416 e. The Hall–Kier alpha value is -3.83. The van der Waals surface area contributed by atoms with Gasteiger partial charge in [-0.25, -0.2) is 18.0 Å². The normalized spacial score (nSPS) is 18.0. The van der Waals surface area contributed by atoms with Gasteiger partial charge in [-0.05, 0) is 30.2 Å². The van der Waals surface area contributed by atoms with Crippen LogP contribution in [-0.2, 0) is 16.1 Å². The van der Waals surface area contributed by atoms with E-state index in [1.807, 2.05) is 0 Å². The van der Waals surface area contributed by atoms with Crippen LogP contribution >= 0.6 is 0 Å². The van der Waals surface area contributed by atoms with E-state index in [9.17, 15) is 41.1 Å². The number of ether oxygens (including phenoxy) is 1. The highest BCUT2D eigenvalue weighted by Gasteiger charge is 2.39. The lowest BCUT2D eigenvalue weighted by molar-refractivity contribution is -0.136. The van der Waals surface area contributed by atoms with Crippen molar-refractivity contribution in [3.8, 4) is 5.75 Å². The molecule has 7 nitrogen and oxygen atoms in total. The smallest absolute Gasteiger partial charge is 0.343 e. The summed E-state index contributed by atoms with van der Waals surface area (Å²) in [5.41, 5.74) is 0.0830. The Morgan fingerprint density at radius 1 is 0.969 bits per heavy atom. The molecule has 1 saturated heterocycles. The zero-order chi connectivity index (χ0) is 23.3. The van der Waals surface area contributed by atoms with E-state index in [1.54, 1.807) is 0 Å². The van der Waals surface area contributed by atoms with Crippen molar-refractivity contribution in [2.45, 2.75) is 25.4 Å². The minimum absolute atomic E-state index is 0.0377. The average molecular weight is 454 g/mol. The molecule has 1 fully saturated rings. The Bertz CT molecular complexity index is 1190. The number of imide groups is 1. The van der Waals surface area contributed by atoms with Crippen LogP contribution in [0.15, 0.2) is 18.2 Å². The first-order valence-corrected chi connectivity index (χ1v) is 9.11. The SMILES string of the molecule is O=C1CCC(N2Cc3cc(C(=O)Oc4c(F)c(F)c(F)c(F)c4F)ccc3C2=O)C(=O)N1. The molecule has 0 bridgehead atoms. The number of carbonyl (C=O) groups is 4. The van der Waals surface area contributed by atoms with E-state index in [-0.39, 0.29) is 36.1 Å². The van der Waals surface area contributed by atoms with E-state index in [2.05, 4.69) is 10.1 Å². The van der Waals surface area contributed by atoms with E-state index in [4.69, 9.17) is 0 Å². The van der Waals surface area contributed by atoms with E-state index in [1.165, 1.54) is 11.0 Å². The number of fused-ring (bicyclic) bond motifs is 1. The van der Waals surface area contributed by atoms with E-state index in [0.29, 0.717) is 0 Å². The lowest BCUT2D eigenvalue weighted by Crippen LogP contribution is -2.52. The highest BCUT2D eigenvalue weighted by atomic mass is 19.2. The van der Waals surface area contributed by atoms with Crippen molar-refractivity contribution in [1.82, 2.24) is 10.2 Å². The molecule has 166 valence electrons. The van der Waals surface area contributed by atoms with Gasteiger partial charge < -0.3 is 9.64 Å². The maximum atomic E-state index is 13.8. The fourth-order valence-electron chi connectivity index (χ4n) is 3.53. The van der Waals surface area contributed by atoms with Gasteiger partial charge in [-0.3, -0.25) is 19.7 Å². The molecule has 0 spiro atoms. The molecular formula is C20H11F5N2O5. The number of hydrogen-bond acceptors (Lipinski definition) is 5. The van der Waals surface area contributed by atoms with Gasteiger partial charge in [0.25, 0.3) is 5.91 Å². The monoisotopic (exact) mass is 454 g/mol. The second-order valence-corrected chi connectivity index (χ2v) is 7.06. The summed E-state index contributed by atoms with van der Waals surface area (Å²) in [4.78, 5) is 49.5. The summed E-state index contributed by atoms with van der Waals surface area (Å²) in [5, 5.41) is 2.13. The molecule has 1 N–H and O–H groups in total. The molecule has 1 unspecified atom stereocenters. The summed E-state index contributed by atoms with van der Waals surface area (Å²) >= 11 is 0. The molecule has 1 atom stereocenters. The number of esters is 1. The molecule has 0 aliphatic carbocycles. The summed E-state index contributed by atoms with van der Waals surface area (Å²) in [6, 6.07) is 2.52. The van der Waals surface area contributed by atoms with Crippen molar-refractivity contribution in [2.24, 2.45) is 0 Å². The van der Waals surface area contributed by atoms with Crippen molar-refractivity contribution in [2.75, 3.05) is 0 Å². The third-order valence-corrected chi connectivity index (χ3v) is 5.12. The van der Waals surface area contributed by atoms with Gasteiger partial charge in [-0.1, -0.05) is 0 Å². The van der Waals surface area contributed by atoms with Gasteiger partial charge in [0.15, 0.2) is 0 Å². The van der Waals surface area contributed by atoms with Gasteiger partial charge in [0, 0.05) is 18.5 Å². The minimum atomic E-state index is -2.40. The number of nitrogens with zero attached hydrogens (tertiary/aromatic N) is 1. The lowest BCUT2D eigenvalue weighted by atomic mass is 10.0. The average Bonchev–Trinajstić information content (AvgIpc) is 3.09.